The molecule has 0 amide bonds. The van der Waals surface area contributed by atoms with Gasteiger partial charge in [-0.05, 0) is 68.9 Å². The number of hydrogen-bond acceptors (Lipinski definition) is 3. The van der Waals surface area contributed by atoms with E-state index in [9.17, 15) is 0 Å². The van der Waals surface area contributed by atoms with Crippen LogP contribution in [0.25, 0.3) is 5.82 Å². The zero-order valence-electron chi connectivity index (χ0n) is 15.7. The lowest BCUT2D eigenvalue weighted by atomic mass is 10.0. The predicted molar refractivity (Wildman–Crippen MR) is 111 cm³/mol. The highest BCUT2D eigenvalue weighted by atomic mass is 32.1. The zero-order chi connectivity index (χ0) is 19.0. The van der Waals surface area contributed by atoms with E-state index in [1.807, 2.05) is 31.5 Å². The highest BCUT2D eigenvalue weighted by Crippen LogP contribution is 2.40. The fourth-order valence-electron chi connectivity index (χ4n) is 3.68. The van der Waals surface area contributed by atoms with Crippen molar-refractivity contribution in [1.29, 1.82) is 0 Å². The van der Waals surface area contributed by atoms with Gasteiger partial charge in [-0.3, -0.25) is 4.98 Å². The minimum absolute atomic E-state index is 0.0137. The van der Waals surface area contributed by atoms with Gasteiger partial charge >= 0.3 is 0 Å². The van der Waals surface area contributed by atoms with Gasteiger partial charge in [0.05, 0.1) is 17.8 Å². The topological polar surface area (TPSA) is 46.0 Å². The number of aryl methyl sites for hydroxylation is 1. The minimum atomic E-state index is -0.0137. The van der Waals surface area contributed by atoms with E-state index in [1.54, 1.807) is 0 Å². The maximum atomic E-state index is 5.68. The van der Waals surface area contributed by atoms with Crippen molar-refractivity contribution >= 4 is 17.3 Å². The molecule has 0 unspecified atom stereocenters. The summed E-state index contributed by atoms with van der Waals surface area (Å²) in [5.41, 5.74) is 3.27. The number of pyridine rings is 2. The van der Waals surface area contributed by atoms with Crippen molar-refractivity contribution in [1.82, 2.24) is 24.8 Å². The van der Waals surface area contributed by atoms with E-state index in [1.165, 1.54) is 0 Å². The molecule has 1 aliphatic heterocycles. The molecule has 0 saturated carbocycles. The number of nitrogens with one attached hydrogen (secondary N) is 1. The monoisotopic (exact) mass is 377 g/mol. The molecule has 1 fully saturated rings. The van der Waals surface area contributed by atoms with Gasteiger partial charge in [-0.25, -0.2) is 4.98 Å². The molecular formula is C21H23N5S. The Morgan fingerprint density at radius 3 is 2.59 bits per heavy atom. The number of aromatic nitrogens is 3. The van der Waals surface area contributed by atoms with Crippen LogP contribution in [-0.2, 0) is 0 Å². The van der Waals surface area contributed by atoms with Gasteiger partial charge in [-0.2, -0.15) is 0 Å². The molecule has 4 heterocycles. The van der Waals surface area contributed by atoms with E-state index < -0.39 is 0 Å². The van der Waals surface area contributed by atoms with Crippen LogP contribution in [0.15, 0.2) is 61.1 Å². The molecule has 138 valence electrons. The number of thiocarbonyl (C=S) groups is 1. The Morgan fingerprint density at radius 1 is 1.07 bits per heavy atom. The third kappa shape index (κ3) is 3.21. The maximum Gasteiger partial charge on any atom is 0.170 e. The first-order valence-corrected chi connectivity index (χ1v) is 9.57. The lowest BCUT2D eigenvalue weighted by molar-refractivity contribution is 0.262. The normalized spacial score (nSPS) is 19.6. The molecule has 1 aliphatic rings. The van der Waals surface area contributed by atoms with Gasteiger partial charge in [0.1, 0.15) is 5.82 Å². The Kier molecular flexibility index (Phi) is 4.66. The zero-order valence-corrected chi connectivity index (χ0v) is 16.5. The molecule has 1 saturated heterocycles. The van der Waals surface area contributed by atoms with E-state index in [0.717, 1.165) is 27.9 Å². The van der Waals surface area contributed by atoms with Gasteiger partial charge in [0.25, 0.3) is 0 Å². The first kappa shape index (κ1) is 17.7. The molecule has 2 atom stereocenters. The third-order valence-corrected chi connectivity index (χ3v) is 5.25. The number of rotatable bonds is 4. The van der Waals surface area contributed by atoms with Crippen molar-refractivity contribution in [2.24, 2.45) is 0 Å². The molecule has 3 aromatic rings. The van der Waals surface area contributed by atoms with Gasteiger partial charge in [0.15, 0.2) is 5.11 Å². The SMILES string of the molecule is Cc1ccc(-n2cccc2[C@H]2[C@@H](c3ccccn3)NC(=S)N2C(C)C)nc1. The Balaban J connectivity index is 1.82. The standard InChI is InChI=1S/C21H23N5S/c1-14(2)26-20(19(24-21(26)27)16-7-4-5-11-22-16)17-8-6-12-25(17)18-10-9-15(3)13-23-18/h4-14,19-20H,1-3H3,(H,24,27)/t19-,20+/m1/s1. The highest BCUT2D eigenvalue weighted by molar-refractivity contribution is 7.80. The van der Waals surface area contributed by atoms with Gasteiger partial charge in [0, 0.05) is 30.3 Å². The van der Waals surface area contributed by atoms with Gasteiger partial charge in [0.2, 0.25) is 0 Å². The van der Waals surface area contributed by atoms with Crippen molar-refractivity contribution in [2.75, 3.05) is 0 Å². The summed E-state index contributed by atoms with van der Waals surface area (Å²) in [6.45, 7) is 6.38. The van der Waals surface area contributed by atoms with Crippen molar-refractivity contribution in [3.05, 3.63) is 78.0 Å². The van der Waals surface area contributed by atoms with Gasteiger partial charge in [-0.1, -0.05) is 12.1 Å². The van der Waals surface area contributed by atoms with E-state index in [-0.39, 0.29) is 18.1 Å². The summed E-state index contributed by atoms with van der Waals surface area (Å²) in [6.07, 6.45) is 5.78. The van der Waals surface area contributed by atoms with Crippen LogP contribution in [0.5, 0.6) is 0 Å². The molecule has 5 nitrogen and oxygen atoms in total. The smallest absolute Gasteiger partial charge is 0.170 e. The van der Waals surface area contributed by atoms with Crippen LogP contribution in [0.2, 0.25) is 0 Å². The molecule has 0 spiro atoms. The van der Waals surface area contributed by atoms with Crippen LogP contribution in [0.4, 0.5) is 0 Å². The lowest BCUT2D eigenvalue weighted by Crippen LogP contribution is -2.36. The molecule has 3 aromatic heterocycles. The summed E-state index contributed by atoms with van der Waals surface area (Å²) in [7, 11) is 0. The van der Waals surface area contributed by atoms with Crippen LogP contribution >= 0.6 is 12.2 Å². The highest BCUT2D eigenvalue weighted by Gasteiger charge is 2.42. The van der Waals surface area contributed by atoms with Gasteiger partial charge < -0.3 is 14.8 Å². The van der Waals surface area contributed by atoms with Crippen LogP contribution in [0, 0.1) is 6.92 Å². The summed E-state index contributed by atoms with van der Waals surface area (Å²) < 4.78 is 2.14. The first-order valence-electron chi connectivity index (χ1n) is 9.16. The Hall–Kier alpha value is -2.73. The van der Waals surface area contributed by atoms with Crippen molar-refractivity contribution in [2.45, 2.75) is 38.9 Å². The fraction of sp³-hybridized carbons (Fsp3) is 0.286. The fourth-order valence-corrected chi connectivity index (χ4v) is 4.14. The van der Waals surface area contributed by atoms with Crippen molar-refractivity contribution in [3.8, 4) is 5.82 Å². The maximum absolute atomic E-state index is 5.68. The lowest BCUT2D eigenvalue weighted by Gasteiger charge is -2.31. The second-order valence-electron chi connectivity index (χ2n) is 7.12. The quantitative estimate of drug-likeness (QED) is 0.698. The Bertz CT molecular complexity index is 933. The van der Waals surface area contributed by atoms with E-state index in [4.69, 9.17) is 12.2 Å². The number of hydrogen-bond donors (Lipinski definition) is 1. The molecule has 0 aromatic carbocycles. The van der Waals surface area contributed by atoms with E-state index >= 15 is 0 Å². The van der Waals surface area contributed by atoms with Crippen molar-refractivity contribution < 1.29 is 0 Å². The average Bonchev–Trinajstić information content (AvgIpc) is 3.27. The van der Waals surface area contributed by atoms with E-state index in [2.05, 4.69) is 75.1 Å². The third-order valence-electron chi connectivity index (χ3n) is 4.92. The summed E-state index contributed by atoms with van der Waals surface area (Å²) in [4.78, 5) is 11.5. The molecule has 27 heavy (non-hydrogen) atoms. The van der Waals surface area contributed by atoms with Crippen LogP contribution in [0.3, 0.4) is 0 Å². The molecule has 0 aliphatic carbocycles. The Morgan fingerprint density at radius 2 is 1.93 bits per heavy atom. The second kappa shape index (κ2) is 7.12. The molecule has 0 radical (unpaired) electrons. The predicted octanol–water partition coefficient (Wildman–Crippen LogP) is 3.96. The largest absolute Gasteiger partial charge is 0.352 e. The summed E-state index contributed by atoms with van der Waals surface area (Å²) in [6, 6.07) is 14.6. The van der Waals surface area contributed by atoms with Crippen molar-refractivity contribution in [3.63, 3.8) is 0 Å². The van der Waals surface area contributed by atoms with Crippen LogP contribution < -0.4 is 5.32 Å². The molecule has 1 N–H and O–H groups in total. The van der Waals surface area contributed by atoms with Crippen LogP contribution in [0.1, 0.15) is 42.9 Å². The Labute approximate surface area is 165 Å². The molecular weight excluding hydrogens is 354 g/mol. The van der Waals surface area contributed by atoms with Crippen LogP contribution in [-0.4, -0.2) is 30.6 Å². The summed E-state index contributed by atoms with van der Waals surface area (Å²) in [5, 5.41) is 4.25. The number of nitrogens with zero attached hydrogens (tertiary/aromatic N) is 4. The van der Waals surface area contributed by atoms with E-state index in [0.29, 0.717) is 0 Å². The minimum Gasteiger partial charge on any atom is -0.352 e. The average molecular weight is 378 g/mol. The molecule has 6 heteroatoms. The van der Waals surface area contributed by atoms with Gasteiger partial charge in [-0.15, -0.1) is 0 Å². The second-order valence-corrected chi connectivity index (χ2v) is 7.51. The summed E-state index contributed by atoms with van der Waals surface area (Å²) >= 11 is 5.68. The molecule has 0 bridgehead atoms. The molecule has 4 rings (SSSR count). The summed E-state index contributed by atoms with van der Waals surface area (Å²) in [5.74, 6) is 0.905. The first-order chi connectivity index (χ1) is 13.1.